The summed E-state index contributed by atoms with van der Waals surface area (Å²) in [5, 5.41) is 7.53. The summed E-state index contributed by atoms with van der Waals surface area (Å²) in [6.07, 6.45) is 3.12. The second-order valence-corrected chi connectivity index (χ2v) is 6.56. The van der Waals surface area contributed by atoms with Crippen LogP contribution < -0.4 is 5.32 Å². The lowest BCUT2D eigenvalue weighted by Crippen LogP contribution is -2.18. The van der Waals surface area contributed by atoms with Crippen LogP contribution in [0.3, 0.4) is 0 Å². The molecule has 1 rings (SSSR count). The quantitative estimate of drug-likeness (QED) is 0.675. The molecule has 0 fully saturated rings. The summed E-state index contributed by atoms with van der Waals surface area (Å²) in [5.41, 5.74) is 2.01. The smallest absolute Gasteiger partial charge is 0.149 e. The Morgan fingerprint density at radius 3 is 2.83 bits per heavy atom. The number of hydrogen-bond donors (Lipinski definition) is 1. The van der Waals surface area contributed by atoms with Crippen molar-refractivity contribution in [2.45, 2.75) is 20.0 Å². The van der Waals surface area contributed by atoms with Crippen LogP contribution in [0.1, 0.15) is 11.3 Å². The molecule has 0 atom stereocenters. The Hall–Kier alpha value is -0.920. The van der Waals surface area contributed by atoms with Crippen molar-refractivity contribution in [2.24, 2.45) is 0 Å². The predicted molar refractivity (Wildman–Crippen MR) is 70.3 cm³/mol. The molecular formula is C11H21N3O3S. The molecule has 104 valence electrons. The summed E-state index contributed by atoms with van der Waals surface area (Å²) in [5.74, 6) is 0.116. The molecule has 1 aromatic heterocycles. The lowest BCUT2D eigenvalue weighted by Gasteiger charge is -2.02. The van der Waals surface area contributed by atoms with Crippen LogP contribution in [-0.4, -0.2) is 50.5 Å². The first-order valence-electron chi connectivity index (χ1n) is 5.82. The van der Waals surface area contributed by atoms with Gasteiger partial charge in [0.25, 0.3) is 0 Å². The summed E-state index contributed by atoms with van der Waals surface area (Å²) in [6.45, 7) is 4.49. The van der Waals surface area contributed by atoms with Crippen molar-refractivity contribution >= 4 is 9.84 Å². The average molecular weight is 275 g/mol. The molecule has 0 spiro atoms. The number of rotatable bonds is 8. The zero-order chi connectivity index (χ0) is 13.6. The molecule has 0 radical (unpaired) electrons. The Morgan fingerprint density at radius 1 is 1.50 bits per heavy atom. The maximum absolute atomic E-state index is 11.1. The van der Waals surface area contributed by atoms with E-state index in [1.165, 1.54) is 6.26 Å². The normalized spacial score (nSPS) is 11.9. The largest absolute Gasteiger partial charge is 0.383 e. The van der Waals surface area contributed by atoms with Gasteiger partial charge >= 0.3 is 0 Å². The molecule has 0 aliphatic rings. The summed E-state index contributed by atoms with van der Waals surface area (Å²) >= 11 is 0. The van der Waals surface area contributed by atoms with Crippen LogP contribution in [-0.2, 0) is 27.7 Å². The minimum absolute atomic E-state index is 0.116. The van der Waals surface area contributed by atoms with Gasteiger partial charge in [-0.15, -0.1) is 0 Å². The molecule has 1 aromatic rings. The Bertz CT molecular complexity index is 468. The Morgan fingerprint density at radius 2 is 2.22 bits per heavy atom. The van der Waals surface area contributed by atoms with Crippen LogP contribution in [0.25, 0.3) is 0 Å². The lowest BCUT2D eigenvalue weighted by atomic mass is 10.2. The van der Waals surface area contributed by atoms with Gasteiger partial charge in [0.15, 0.2) is 0 Å². The number of sulfone groups is 1. The highest BCUT2D eigenvalue weighted by Crippen LogP contribution is 2.05. The summed E-state index contributed by atoms with van der Waals surface area (Å²) < 4.78 is 28.8. The SMILES string of the molecule is COCCNCc1cn(CCS(C)(=O)=O)nc1C. The van der Waals surface area contributed by atoms with E-state index >= 15 is 0 Å². The van der Waals surface area contributed by atoms with Gasteiger partial charge in [0.05, 0.1) is 24.6 Å². The van der Waals surface area contributed by atoms with E-state index in [1.54, 1.807) is 11.8 Å². The highest BCUT2D eigenvalue weighted by atomic mass is 32.2. The molecular weight excluding hydrogens is 254 g/mol. The van der Waals surface area contributed by atoms with Crippen molar-refractivity contribution in [1.29, 1.82) is 0 Å². The summed E-state index contributed by atoms with van der Waals surface area (Å²) in [6, 6.07) is 0. The van der Waals surface area contributed by atoms with Crippen LogP contribution in [0.15, 0.2) is 6.20 Å². The first-order valence-corrected chi connectivity index (χ1v) is 7.89. The van der Waals surface area contributed by atoms with E-state index in [9.17, 15) is 8.42 Å². The van der Waals surface area contributed by atoms with E-state index in [-0.39, 0.29) is 5.75 Å². The third kappa shape index (κ3) is 5.61. The van der Waals surface area contributed by atoms with Crippen molar-refractivity contribution < 1.29 is 13.2 Å². The minimum Gasteiger partial charge on any atom is -0.383 e. The maximum Gasteiger partial charge on any atom is 0.149 e. The molecule has 7 heteroatoms. The Labute approximate surface area is 108 Å². The van der Waals surface area contributed by atoms with Crippen molar-refractivity contribution in [1.82, 2.24) is 15.1 Å². The van der Waals surface area contributed by atoms with Crippen molar-refractivity contribution in [3.8, 4) is 0 Å². The van der Waals surface area contributed by atoms with E-state index in [1.807, 2.05) is 13.1 Å². The monoisotopic (exact) mass is 275 g/mol. The first kappa shape index (κ1) is 15.1. The lowest BCUT2D eigenvalue weighted by molar-refractivity contribution is 0.199. The number of methoxy groups -OCH3 is 1. The standard InChI is InChI=1S/C11H21N3O3S/c1-10-11(8-12-4-6-17-2)9-14(13-10)5-7-18(3,15)16/h9,12H,4-8H2,1-3H3. The molecule has 1 N–H and O–H groups in total. The van der Waals surface area contributed by atoms with Crippen molar-refractivity contribution in [2.75, 3.05) is 32.3 Å². The first-order chi connectivity index (χ1) is 8.42. The fourth-order valence-electron chi connectivity index (χ4n) is 1.50. The van der Waals surface area contributed by atoms with Gasteiger partial charge in [-0.3, -0.25) is 4.68 Å². The fraction of sp³-hybridized carbons (Fsp3) is 0.727. The number of aryl methyl sites for hydroxylation is 2. The minimum atomic E-state index is -2.94. The zero-order valence-corrected chi connectivity index (χ0v) is 12.0. The van der Waals surface area contributed by atoms with Crippen LogP contribution in [0, 0.1) is 6.92 Å². The van der Waals surface area contributed by atoms with Crippen LogP contribution in [0.4, 0.5) is 0 Å². The van der Waals surface area contributed by atoms with Gasteiger partial charge in [0, 0.05) is 38.2 Å². The topological polar surface area (TPSA) is 73.2 Å². The molecule has 0 saturated carbocycles. The van der Waals surface area contributed by atoms with E-state index in [4.69, 9.17) is 4.74 Å². The van der Waals surface area contributed by atoms with Gasteiger partial charge in [-0.25, -0.2) is 8.42 Å². The molecule has 0 aliphatic carbocycles. The van der Waals surface area contributed by atoms with Crippen LogP contribution >= 0.6 is 0 Å². The Balaban J connectivity index is 2.48. The number of aromatic nitrogens is 2. The predicted octanol–water partition coefficient (Wildman–Crippen LogP) is -0.0279. The molecule has 18 heavy (non-hydrogen) atoms. The highest BCUT2D eigenvalue weighted by molar-refractivity contribution is 7.90. The van der Waals surface area contributed by atoms with E-state index in [0.717, 1.165) is 17.8 Å². The van der Waals surface area contributed by atoms with Crippen LogP contribution in [0.2, 0.25) is 0 Å². The van der Waals surface area contributed by atoms with Crippen molar-refractivity contribution in [3.63, 3.8) is 0 Å². The molecule has 0 unspecified atom stereocenters. The van der Waals surface area contributed by atoms with Gasteiger partial charge in [-0.2, -0.15) is 5.10 Å². The summed E-state index contributed by atoms with van der Waals surface area (Å²) in [4.78, 5) is 0. The molecule has 0 saturated heterocycles. The molecule has 0 bridgehead atoms. The van der Waals surface area contributed by atoms with Gasteiger partial charge in [-0.1, -0.05) is 0 Å². The van der Waals surface area contributed by atoms with Gasteiger partial charge in [-0.05, 0) is 6.92 Å². The van der Waals surface area contributed by atoms with E-state index in [0.29, 0.717) is 19.7 Å². The van der Waals surface area contributed by atoms with Gasteiger partial charge in [0.2, 0.25) is 0 Å². The second-order valence-electron chi connectivity index (χ2n) is 4.30. The Kier molecular flexibility index (Phi) is 5.77. The number of nitrogens with one attached hydrogen (secondary N) is 1. The molecule has 1 heterocycles. The molecule has 0 aromatic carbocycles. The third-order valence-electron chi connectivity index (χ3n) is 2.54. The van der Waals surface area contributed by atoms with Gasteiger partial charge < -0.3 is 10.1 Å². The summed E-state index contributed by atoms with van der Waals surface area (Å²) in [7, 11) is -1.28. The molecule has 6 nitrogen and oxygen atoms in total. The zero-order valence-electron chi connectivity index (χ0n) is 11.1. The average Bonchev–Trinajstić information content (AvgIpc) is 2.62. The van der Waals surface area contributed by atoms with Gasteiger partial charge in [0.1, 0.15) is 9.84 Å². The van der Waals surface area contributed by atoms with Crippen molar-refractivity contribution in [3.05, 3.63) is 17.5 Å². The highest BCUT2D eigenvalue weighted by Gasteiger charge is 2.07. The second kappa shape index (κ2) is 6.86. The van der Waals surface area contributed by atoms with E-state index in [2.05, 4.69) is 10.4 Å². The fourth-order valence-corrected chi connectivity index (χ4v) is 2.02. The molecule has 0 amide bonds. The number of nitrogens with zero attached hydrogens (tertiary/aromatic N) is 2. The maximum atomic E-state index is 11.1. The number of ether oxygens (including phenoxy) is 1. The van der Waals surface area contributed by atoms with E-state index < -0.39 is 9.84 Å². The van der Waals surface area contributed by atoms with Crippen LogP contribution in [0.5, 0.6) is 0 Å². The third-order valence-corrected chi connectivity index (χ3v) is 3.46. The number of hydrogen-bond acceptors (Lipinski definition) is 5. The molecule has 0 aliphatic heterocycles.